The summed E-state index contributed by atoms with van der Waals surface area (Å²) >= 11 is 0. The van der Waals surface area contributed by atoms with E-state index < -0.39 is 0 Å². The summed E-state index contributed by atoms with van der Waals surface area (Å²) in [6.45, 7) is 2.57. The van der Waals surface area contributed by atoms with Gasteiger partial charge in [0.25, 0.3) is 0 Å². The maximum Gasteiger partial charge on any atom is 0.226 e. The minimum Gasteiger partial charge on any atom is -0.467 e. The second-order valence-corrected chi connectivity index (χ2v) is 6.29. The zero-order chi connectivity index (χ0) is 17.2. The number of benzene rings is 1. The molecule has 25 heavy (non-hydrogen) atoms. The van der Waals surface area contributed by atoms with Crippen LogP contribution in [0.4, 0.5) is 5.82 Å². The Kier molecular flexibility index (Phi) is 3.98. The van der Waals surface area contributed by atoms with Crippen LogP contribution in [-0.2, 0) is 11.3 Å². The van der Waals surface area contributed by atoms with Crippen molar-refractivity contribution in [3.8, 4) is 0 Å². The second kappa shape index (κ2) is 6.43. The van der Waals surface area contributed by atoms with E-state index in [1.807, 2.05) is 36.5 Å². The molecule has 1 N–H and O–H groups in total. The van der Waals surface area contributed by atoms with Crippen LogP contribution in [0.1, 0.15) is 36.1 Å². The van der Waals surface area contributed by atoms with Crippen LogP contribution < -0.4 is 5.32 Å². The number of nitrogens with one attached hydrogen (secondary N) is 1. The van der Waals surface area contributed by atoms with Gasteiger partial charge in [-0.1, -0.05) is 42.0 Å². The average molecular weight is 333 g/mol. The summed E-state index contributed by atoms with van der Waals surface area (Å²) in [7, 11) is 0. The van der Waals surface area contributed by atoms with Crippen molar-refractivity contribution in [3.63, 3.8) is 0 Å². The van der Waals surface area contributed by atoms with E-state index in [0.29, 0.717) is 13.0 Å². The Bertz CT molecular complexity index is 908. The SMILES string of the molecule is C/C(=C\c1ccccc1)[C@@H]1CC(=O)Nc2c1cnn2Cc1ccco1. The van der Waals surface area contributed by atoms with Gasteiger partial charge < -0.3 is 9.73 Å². The second-order valence-electron chi connectivity index (χ2n) is 6.29. The highest BCUT2D eigenvalue weighted by molar-refractivity contribution is 5.94. The number of furan rings is 1. The van der Waals surface area contributed by atoms with Crippen LogP contribution >= 0.6 is 0 Å². The third kappa shape index (κ3) is 3.13. The molecular weight excluding hydrogens is 314 g/mol. The largest absolute Gasteiger partial charge is 0.467 e. The smallest absolute Gasteiger partial charge is 0.226 e. The van der Waals surface area contributed by atoms with Crippen molar-refractivity contribution in [2.24, 2.45) is 0 Å². The molecule has 2 aromatic heterocycles. The van der Waals surface area contributed by atoms with Crippen molar-refractivity contribution >= 4 is 17.8 Å². The molecule has 5 heteroatoms. The highest BCUT2D eigenvalue weighted by Gasteiger charge is 2.29. The Morgan fingerprint density at radius 1 is 1.32 bits per heavy atom. The quantitative estimate of drug-likeness (QED) is 0.783. The number of rotatable bonds is 4. The highest BCUT2D eigenvalue weighted by atomic mass is 16.3. The van der Waals surface area contributed by atoms with E-state index in [9.17, 15) is 4.79 Å². The fraction of sp³-hybridized carbons (Fsp3) is 0.200. The average Bonchev–Trinajstić information content (AvgIpc) is 3.26. The first-order valence-corrected chi connectivity index (χ1v) is 8.32. The van der Waals surface area contributed by atoms with Gasteiger partial charge in [0, 0.05) is 17.9 Å². The van der Waals surface area contributed by atoms with E-state index in [1.165, 1.54) is 0 Å². The Balaban J connectivity index is 1.67. The Labute approximate surface area is 146 Å². The molecule has 1 aliphatic rings. The topological polar surface area (TPSA) is 60.1 Å². The number of allylic oxidation sites excluding steroid dienone is 1. The van der Waals surface area contributed by atoms with Gasteiger partial charge in [0.2, 0.25) is 5.91 Å². The van der Waals surface area contributed by atoms with Gasteiger partial charge in [-0.05, 0) is 24.6 Å². The molecule has 0 saturated carbocycles. The molecule has 0 fully saturated rings. The molecule has 3 heterocycles. The maximum atomic E-state index is 12.2. The number of carbonyl (C=O) groups is 1. The van der Waals surface area contributed by atoms with Crippen molar-refractivity contribution in [1.82, 2.24) is 9.78 Å². The van der Waals surface area contributed by atoms with Crippen molar-refractivity contribution in [2.45, 2.75) is 25.8 Å². The van der Waals surface area contributed by atoms with Gasteiger partial charge >= 0.3 is 0 Å². The normalized spacial score (nSPS) is 17.2. The maximum absolute atomic E-state index is 12.2. The first kappa shape index (κ1) is 15.4. The molecule has 1 atom stereocenters. The summed E-state index contributed by atoms with van der Waals surface area (Å²) in [5.41, 5.74) is 3.34. The Hall–Kier alpha value is -3.08. The molecule has 126 valence electrons. The van der Waals surface area contributed by atoms with Crippen LogP contribution in [0, 0.1) is 0 Å². The lowest BCUT2D eigenvalue weighted by Gasteiger charge is -2.24. The van der Waals surface area contributed by atoms with E-state index in [-0.39, 0.29) is 11.8 Å². The number of amides is 1. The molecule has 1 aliphatic heterocycles. The summed E-state index contributed by atoms with van der Waals surface area (Å²) in [6.07, 6.45) is 6.07. The fourth-order valence-corrected chi connectivity index (χ4v) is 3.26. The number of hydrogen-bond donors (Lipinski definition) is 1. The van der Waals surface area contributed by atoms with E-state index in [1.54, 1.807) is 10.9 Å². The van der Waals surface area contributed by atoms with Crippen molar-refractivity contribution in [2.75, 3.05) is 5.32 Å². The van der Waals surface area contributed by atoms with Crippen LogP contribution in [-0.4, -0.2) is 15.7 Å². The third-order valence-electron chi connectivity index (χ3n) is 4.52. The first-order valence-electron chi connectivity index (χ1n) is 8.32. The van der Waals surface area contributed by atoms with Crippen LogP contribution in [0.15, 0.2) is 64.9 Å². The molecule has 0 unspecified atom stereocenters. The molecule has 0 saturated heterocycles. The van der Waals surface area contributed by atoms with Gasteiger partial charge in [-0.2, -0.15) is 5.10 Å². The molecule has 0 aliphatic carbocycles. The molecule has 0 bridgehead atoms. The van der Waals surface area contributed by atoms with Crippen LogP contribution in [0.5, 0.6) is 0 Å². The van der Waals surface area contributed by atoms with Crippen LogP contribution in [0.25, 0.3) is 6.08 Å². The zero-order valence-electron chi connectivity index (χ0n) is 14.0. The van der Waals surface area contributed by atoms with Gasteiger partial charge in [0.1, 0.15) is 18.1 Å². The van der Waals surface area contributed by atoms with Crippen molar-refractivity contribution in [1.29, 1.82) is 0 Å². The predicted molar refractivity (Wildman–Crippen MR) is 96.1 cm³/mol. The molecule has 3 aromatic rings. The number of hydrogen-bond acceptors (Lipinski definition) is 3. The van der Waals surface area contributed by atoms with Crippen molar-refractivity contribution < 1.29 is 9.21 Å². The molecule has 0 spiro atoms. The van der Waals surface area contributed by atoms with Gasteiger partial charge in [-0.15, -0.1) is 0 Å². The van der Waals surface area contributed by atoms with Crippen LogP contribution in [0.3, 0.4) is 0 Å². The molecule has 1 aromatic carbocycles. The van der Waals surface area contributed by atoms with Gasteiger partial charge in [-0.3, -0.25) is 4.79 Å². The van der Waals surface area contributed by atoms with Crippen molar-refractivity contribution in [3.05, 3.63) is 77.4 Å². The number of anilines is 1. The third-order valence-corrected chi connectivity index (χ3v) is 4.52. The van der Waals surface area contributed by atoms with E-state index in [2.05, 4.69) is 35.5 Å². The van der Waals surface area contributed by atoms with Gasteiger partial charge in [0.05, 0.1) is 12.5 Å². The molecule has 5 nitrogen and oxygen atoms in total. The molecule has 0 radical (unpaired) electrons. The molecular formula is C20H19N3O2. The summed E-state index contributed by atoms with van der Waals surface area (Å²) in [5, 5.41) is 7.42. The Morgan fingerprint density at radius 3 is 2.92 bits per heavy atom. The highest BCUT2D eigenvalue weighted by Crippen LogP contribution is 2.37. The van der Waals surface area contributed by atoms with E-state index in [4.69, 9.17) is 4.42 Å². The summed E-state index contributed by atoms with van der Waals surface area (Å²) in [5.74, 6) is 1.62. The number of fused-ring (bicyclic) bond motifs is 1. The summed E-state index contributed by atoms with van der Waals surface area (Å²) in [4.78, 5) is 12.2. The summed E-state index contributed by atoms with van der Waals surface area (Å²) < 4.78 is 7.18. The number of aromatic nitrogens is 2. The summed E-state index contributed by atoms with van der Waals surface area (Å²) in [6, 6.07) is 13.9. The number of nitrogens with zero attached hydrogens (tertiary/aromatic N) is 2. The zero-order valence-corrected chi connectivity index (χ0v) is 14.0. The van der Waals surface area contributed by atoms with Gasteiger partial charge in [0.15, 0.2) is 0 Å². The van der Waals surface area contributed by atoms with Crippen LogP contribution in [0.2, 0.25) is 0 Å². The number of carbonyl (C=O) groups excluding carboxylic acids is 1. The lowest BCUT2D eigenvalue weighted by atomic mass is 9.87. The molecule has 4 rings (SSSR count). The Morgan fingerprint density at radius 2 is 2.16 bits per heavy atom. The molecule has 1 amide bonds. The van der Waals surface area contributed by atoms with E-state index in [0.717, 1.165) is 28.3 Å². The first-order chi connectivity index (χ1) is 12.2. The minimum absolute atomic E-state index is 0.0134. The monoisotopic (exact) mass is 333 g/mol. The minimum atomic E-state index is 0.0134. The standard InChI is InChI=1S/C20H19N3O2/c1-14(10-15-6-3-2-4-7-15)17-11-19(24)22-20-18(17)12-21-23(20)13-16-8-5-9-25-16/h2-10,12,17H,11,13H2,1H3,(H,22,24)/b14-10+/t17-/m0/s1. The lowest BCUT2D eigenvalue weighted by Crippen LogP contribution is -2.25. The predicted octanol–water partition coefficient (Wildman–Crippen LogP) is 4.05. The fourth-order valence-electron chi connectivity index (χ4n) is 3.26. The van der Waals surface area contributed by atoms with E-state index >= 15 is 0 Å². The lowest BCUT2D eigenvalue weighted by molar-refractivity contribution is -0.116. The van der Waals surface area contributed by atoms with Gasteiger partial charge in [-0.25, -0.2) is 4.68 Å².